The number of benzene rings is 2. The number of sulfone groups is 1. The predicted octanol–water partition coefficient (Wildman–Crippen LogP) is 3.65. The molecule has 6 nitrogen and oxygen atoms in total. The molecule has 0 aliphatic heterocycles. The number of Topliss-reactive ketones (excluding diaryl/α,β-unsaturated/α-hetero) is 1. The molecule has 1 heterocycles. The van der Waals surface area contributed by atoms with E-state index in [1.54, 1.807) is 18.3 Å². The minimum absolute atomic E-state index is 0.0409. The van der Waals surface area contributed by atoms with Crippen molar-refractivity contribution in [1.29, 1.82) is 0 Å². The van der Waals surface area contributed by atoms with Gasteiger partial charge in [-0.25, -0.2) is 13.2 Å². The van der Waals surface area contributed by atoms with E-state index in [4.69, 9.17) is 16.3 Å². The summed E-state index contributed by atoms with van der Waals surface area (Å²) in [4.78, 5) is 28.0. The zero-order valence-corrected chi connectivity index (χ0v) is 16.1. The van der Waals surface area contributed by atoms with E-state index in [-0.39, 0.29) is 21.3 Å². The second kappa shape index (κ2) is 7.17. The molecule has 3 rings (SSSR count). The van der Waals surface area contributed by atoms with Gasteiger partial charge in [0.25, 0.3) is 0 Å². The second-order valence-electron chi connectivity index (χ2n) is 6.07. The first kappa shape index (κ1) is 19.1. The minimum atomic E-state index is -3.52. The number of hydrogen-bond acceptors (Lipinski definition) is 5. The molecule has 0 spiro atoms. The van der Waals surface area contributed by atoms with Gasteiger partial charge in [-0.1, -0.05) is 29.8 Å². The highest BCUT2D eigenvalue weighted by Gasteiger charge is 2.24. The molecule has 0 bridgehead atoms. The van der Waals surface area contributed by atoms with Crippen LogP contribution in [0.3, 0.4) is 0 Å². The molecule has 0 unspecified atom stereocenters. The molecule has 0 radical (unpaired) electrons. The molecule has 3 aromatic rings. The summed E-state index contributed by atoms with van der Waals surface area (Å²) >= 11 is 6.00. The Balaban J connectivity index is 1.85. The Morgan fingerprint density at radius 2 is 1.81 bits per heavy atom. The number of H-pyrrole nitrogens is 1. The molecule has 27 heavy (non-hydrogen) atoms. The van der Waals surface area contributed by atoms with Crippen molar-refractivity contribution in [1.82, 2.24) is 4.98 Å². The van der Waals surface area contributed by atoms with Gasteiger partial charge in [-0.3, -0.25) is 4.79 Å². The van der Waals surface area contributed by atoms with Crippen LogP contribution in [0.15, 0.2) is 53.6 Å². The van der Waals surface area contributed by atoms with Crippen molar-refractivity contribution in [3.05, 3.63) is 64.8 Å². The molecule has 1 aromatic heterocycles. The summed E-state index contributed by atoms with van der Waals surface area (Å²) in [6.45, 7) is 1.45. The zero-order chi connectivity index (χ0) is 19.8. The summed E-state index contributed by atoms with van der Waals surface area (Å²) in [6, 6.07) is 11.0. The van der Waals surface area contributed by atoms with Crippen LogP contribution in [0.25, 0.3) is 10.9 Å². The van der Waals surface area contributed by atoms with Crippen molar-refractivity contribution in [2.24, 2.45) is 0 Å². The lowest BCUT2D eigenvalue weighted by Crippen LogP contribution is -2.24. The summed E-state index contributed by atoms with van der Waals surface area (Å²) in [5.41, 5.74) is 1.09. The van der Waals surface area contributed by atoms with E-state index in [1.165, 1.54) is 19.1 Å². The van der Waals surface area contributed by atoms with E-state index in [9.17, 15) is 18.0 Å². The van der Waals surface area contributed by atoms with Crippen LogP contribution in [0, 0.1) is 0 Å². The number of aromatic nitrogens is 1. The van der Waals surface area contributed by atoms with Gasteiger partial charge in [0.05, 0.1) is 15.5 Å². The molecule has 0 saturated heterocycles. The van der Waals surface area contributed by atoms with E-state index in [1.807, 2.05) is 12.1 Å². The Bertz CT molecular complexity index is 1150. The van der Waals surface area contributed by atoms with Gasteiger partial charge in [0, 0.05) is 28.9 Å². The van der Waals surface area contributed by atoms with Crippen LogP contribution in [0.5, 0.6) is 0 Å². The number of aromatic amines is 1. The Morgan fingerprint density at radius 1 is 1.11 bits per heavy atom. The first-order valence-corrected chi connectivity index (χ1v) is 10.3. The van der Waals surface area contributed by atoms with Crippen LogP contribution in [0.2, 0.25) is 5.02 Å². The number of nitrogens with one attached hydrogen (secondary N) is 1. The van der Waals surface area contributed by atoms with Crippen molar-refractivity contribution < 1.29 is 22.7 Å². The average molecular weight is 406 g/mol. The molecular weight excluding hydrogens is 390 g/mol. The van der Waals surface area contributed by atoms with E-state index in [0.717, 1.165) is 23.2 Å². The number of para-hydroxylation sites is 1. The fourth-order valence-electron chi connectivity index (χ4n) is 2.66. The third kappa shape index (κ3) is 3.89. The van der Waals surface area contributed by atoms with Gasteiger partial charge < -0.3 is 9.72 Å². The molecule has 1 N–H and O–H groups in total. The lowest BCUT2D eigenvalue weighted by atomic mass is 10.1. The Morgan fingerprint density at radius 3 is 2.52 bits per heavy atom. The largest absolute Gasteiger partial charge is 0.451 e. The molecule has 0 saturated carbocycles. The van der Waals surface area contributed by atoms with Crippen LogP contribution in [0.1, 0.15) is 27.6 Å². The highest BCUT2D eigenvalue weighted by Crippen LogP contribution is 2.23. The van der Waals surface area contributed by atoms with Gasteiger partial charge >= 0.3 is 5.97 Å². The van der Waals surface area contributed by atoms with E-state index >= 15 is 0 Å². The number of ether oxygens (including phenoxy) is 1. The van der Waals surface area contributed by atoms with E-state index in [2.05, 4.69) is 4.98 Å². The van der Waals surface area contributed by atoms with Crippen LogP contribution in [-0.2, 0) is 14.6 Å². The number of esters is 1. The summed E-state index contributed by atoms with van der Waals surface area (Å²) in [6.07, 6.45) is 1.51. The van der Waals surface area contributed by atoms with Crippen LogP contribution >= 0.6 is 11.6 Å². The fourth-order valence-corrected chi connectivity index (χ4v) is 3.51. The summed E-state index contributed by atoms with van der Waals surface area (Å²) in [5.74, 6) is -1.25. The maximum absolute atomic E-state index is 12.7. The number of halogens is 1. The number of carbonyl (C=O) groups is 2. The topological polar surface area (TPSA) is 93.3 Å². The monoisotopic (exact) mass is 405 g/mol. The number of ketones is 1. The quantitative estimate of drug-likeness (QED) is 0.516. The van der Waals surface area contributed by atoms with Gasteiger partial charge in [-0.05, 0) is 31.2 Å². The molecular formula is C19H16ClNO5S. The van der Waals surface area contributed by atoms with Crippen LogP contribution in [0.4, 0.5) is 0 Å². The van der Waals surface area contributed by atoms with Crippen molar-refractivity contribution in [3.8, 4) is 0 Å². The first-order chi connectivity index (χ1) is 12.7. The number of hydrogen-bond donors (Lipinski definition) is 1. The molecule has 0 fully saturated rings. The van der Waals surface area contributed by atoms with Crippen molar-refractivity contribution in [2.45, 2.75) is 17.9 Å². The molecule has 0 amide bonds. The zero-order valence-electron chi connectivity index (χ0n) is 14.5. The minimum Gasteiger partial charge on any atom is -0.451 e. The second-order valence-corrected chi connectivity index (χ2v) is 8.50. The van der Waals surface area contributed by atoms with Crippen LogP contribution < -0.4 is 0 Å². The lowest BCUT2D eigenvalue weighted by molar-refractivity contribution is 0.0319. The van der Waals surface area contributed by atoms with Crippen molar-refractivity contribution >= 4 is 44.1 Å². The molecule has 1 atom stereocenters. The number of carbonyl (C=O) groups excluding carboxylic acids is 2. The Labute approximate surface area is 161 Å². The summed E-state index contributed by atoms with van der Waals surface area (Å²) < 4.78 is 28.6. The molecule has 2 aromatic carbocycles. The van der Waals surface area contributed by atoms with Gasteiger partial charge in [0.1, 0.15) is 0 Å². The third-order valence-corrected chi connectivity index (χ3v) is 5.53. The Hall–Kier alpha value is -2.64. The van der Waals surface area contributed by atoms with Crippen molar-refractivity contribution in [2.75, 3.05) is 6.26 Å². The maximum atomic E-state index is 12.7. The highest BCUT2D eigenvalue weighted by atomic mass is 35.5. The average Bonchev–Trinajstić information content (AvgIpc) is 3.04. The maximum Gasteiger partial charge on any atom is 0.340 e. The van der Waals surface area contributed by atoms with Gasteiger partial charge in [0.2, 0.25) is 5.78 Å². The van der Waals surface area contributed by atoms with E-state index in [0.29, 0.717) is 5.56 Å². The smallest absolute Gasteiger partial charge is 0.340 e. The van der Waals surface area contributed by atoms with Gasteiger partial charge in [-0.2, -0.15) is 0 Å². The molecule has 0 aliphatic carbocycles. The first-order valence-electron chi connectivity index (χ1n) is 7.99. The standard InChI is InChI=1S/C19H16ClNO5S/c1-11(18(22)15-10-21-17-6-4-3-5-13(15)17)26-19(23)14-9-12(27(2,24)25)7-8-16(14)20/h3-11,21H,1-2H3/t11-/m0/s1. The van der Waals surface area contributed by atoms with Gasteiger partial charge in [0.15, 0.2) is 15.9 Å². The summed E-state index contributed by atoms with van der Waals surface area (Å²) in [5, 5.41) is 0.765. The summed E-state index contributed by atoms with van der Waals surface area (Å²) in [7, 11) is -3.52. The molecule has 0 aliphatic rings. The fraction of sp³-hybridized carbons (Fsp3) is 0.158. The van der Waals surface area contributed by atoms with Crippen LogP contribution in [-0.4, -0.2) is 37.5 Å². The number of rotatable bonds is 5. The highest BCUT2D eigenvalue weighted by molar-refractivity contribution is 7.90. The Kier molecular flexibility index (Phi) is 5.08. The van der Waals surface area contributed by atoms with Gasteiger partial charge in [-0.15, -0.1) is 0 Å². The lowest BCUT2D eigenvalue weighted by Gasteiger charge is -2.13. The van der Waals surface area contributed by atoms with E-state index < -0.39 is 21.9 Å². The molecule has 8 heteroatoms. The SMILES string of the molecule is C[C@H](OC(=O)c1cc(S(C)(=O)=O)ccc1Cl)C(=O)c1c[nH]c2ccccc12. The molecule has 140 valence electrons. The normalized spacial score (nSPS) is 12.7. The van der Waals surface area contributed by atoms with Crippen molar-refractivity contribution in [3.63, 3.8) is 0 Å². The third-order valence-electron chi connectivity index (χ3n) is 4.09. The predicted molar refractivity (Wildman–Crippen MR) is 102 cm³/mol. The number of fused-ring (bicyclic) bond motifs is 1.